The van der Waals surface area contributed by atoms with Crippen LogP contribution in [-0.4, -0.2) is 19.5 Å². The molecule has 0 fully saturated rings. The molecule has 0 heterocycles. The fraction of sp³-hybridized carbons (Fsp3) is 0.188. The van der Waals surface area contributed by atoms with E-state index in [-0.39, 0.29) is 5.78 Å². The molecule has 2 rings (SSSR count). The highest BCUT2D eigenvalue weighted by atomic mass is 16.5. The highest BCUT2D eigenvalue weighted by molar-refractivity contribution is 6.06. The molecule has 3 heteroatoms. The maximum absolute atomic E-state index is 11.9. The van der Waals surface area contributed by atoms with Gasteiger partial charge in [0.1, 0.15) is 5.75 Å². The van der Waals surface area contributed by atoms with Crippen molar-refractivity contribution in [1.29, 1.82) is 0 Å². The zero-order valence-corrected chi connectivity index (χ0v) is 11.1. The Labute approximate surface area is 112 Å². The van der Waals surface area contributed by atoms with Crippen molar-refractivity contribution in [3.05, 3.63) is 54.3 Å². The smallest absolute Gasteiger partial charge is 0.188 e. The standard InChI is InChI=1S/C16H16O3/c1-3-19-9-8-16(17)14-5-4-13-11-15(18-2)7-6-12(13)10-14/h4-11H,3H2,1-2H3. The van der Waals surface area contributed by atoms with Crippen LogP contribution >= 0.6 is 0 Å². The minimum atomic E-state index is -0.0637. The van der Waals surface area contributed by atoms with Crippen LogP contribution in [0.4, 0.5) is 0 Å². The van der Waals surface area contributed by atoms with Gasteiger partial charge in [-0.05, 0) is 35.9 Å². The number of methoxy groups -OCH3 is 1. The first-order chi connectivity index (χ1) is 9.24. The van der Waals surface area contributed by atoms with E-state index in [4.69, 9.17) is 9.47 Å². The number of benzene rings is 2. The summed E-state index contributed by atoms with van der Waals surface area (Å²) in [4.78, 5) is 11.9. The van der Waals surface area contributed by atoms with Gasteiger partial charge in [-0.15, -0.1) is 0 Å². The van der Waals surface area contributed by atoms with Gasteiger partial charge in [0.15, 0.2) is 5.78 Å². The highest BCUT2D eigenvalue weighted by Gasteiger charge is 2.04. The van der Waals surface area contributed by atoms with Crippen molar-refractivity contribution in [2.24, 2.45) is 0 Å². The fourth-order valence-electron chi connectivity index (χ4n) is 1.81. The molecule has 0 aromatic heterocycles. The summed E-state index contributed by atoms with van der Waals surface area (Å²) >= 11 is 0. The van der Waals surface area contributed by atoms with Crippen LogP contribution in [0.3, 0.4) is 0 Å². The van der Waals surface area contributed by atoms with E-state index >= 15 is 0 Å². The Kier molecular flexibility index (Phi) is 4.18. The molecule has 0 spiro atoms. The molecule has 98 valence electrons. The highest BCUT2D eigenvalue weighted by Crippen LogP contribution is 2.22. The summed E-state index contributed by atoms with van der Waals surface area (Å²) in [6.07, 6.45) is 2.87. The summed E-state index contributed by atoms with van der Waals surface area (Å²) in [5, 5.41) is 2.06. The topological polar surface area (TPSA) is 35.5 Å². The van der Waals surface area contributed by atoms with Crippen LogP contribution in [0.25, 0.3) is 10.8 Å². The van der Waals surface area contributed by atoms with E-state index in [1.165, 1.54) is 12.3 Å². The molecule has 0 bridgehead atoms. The second-order valence-corrected chi connectivity index (χ2v) is 4.05. The maximum atomic E-state index is 11.9. The van der Waals surface area contributed by atoms with E-state index in [0.717, 1.165) is 16.5 Å². The van der Waals surface area contributed by atoms with Gasteiger partial charge in [0.2, 0.25) is 0 Å². The zero-order valence-electron chi connectivity index (χ0n) is 11.1. The minimum absolute atomic E-state index is 0.0637. The first-order valence-electron chi connectivity index (χ1n) is 6.15. The first kappa shape index (κ1) is 13.1. The van der Waals surface area contributed by atoms with Gasteiger partial charge in [-0.2, -0.15) is 0 Å². The lowest BCUT2D eigenvalue weighted by Crippen LogP contribution is -1.94. The summed E-state index contributed by atoms with van der Waals surface area (Å²) in [7, 11) is 1.64. The molecule has 0 unspecified atom stereocenters. The Bertz CT molecular complexity index is 614. The number of allylic oxidation sites excluding steroid dienone is 1. The number of fused-ring (bicyclic) bond motifs is 1. The predicted octanol–water partition coefficient (Wildman–Crippen LogP) is 3.58. The number of hydrogen-bond donors (Lipinski definition) is 0. The molecule has 19 heavy (non-hydrogen) atoms. The second-order valence-electron chi connectivity index (χ2n) is 4.05. The summed E-state index contributed by atoms with van der Waals surface area (Å²) in [5.41, 5.74) is 0.647. The summed E-state index contributed by atoms with van der Waals surface area (Å²) in [6.45, 7) is 2.43. The summed E-state index contributed by atoms with van der Waals surface area (Å²) in [6, 6.07) is 11.4. The largest absolute Gasteiger partial charge is 0.501 e. The number of hydrogen-bond acceptors (Lipinski definition) is 3. The number of rotatable bonds is 5. The maximum Gasteiger partial charge on any atom is 0.188 e. The van der Waals surface area contributed by atoms with Crippen molar-refractivity contribution in [3.63, 3.8) is 0 Å². The molecule has 3 nitrogen and oxygen atoms in total. The third-order valence-corrected chi connectivity index (χ3v) is 2.81. The quantitative estimate of drug-likeness (QED) is 0.466. The van der Waals surface area contributed by atoms with Crippen molar-refractivity contribution < 1.29 is 14.3 Å². The Morgan fingerprint density at radius 1 is 1.16 bits per heavy atom. The first-order valence-corrected chi connectivity index (χ1v) is 6.15. The molecule has 0 saturated heterocycles. The molecule has 0 aliphatic rings. The molecule has 2 aromatic carbocycles. The lowest BCUT2D eigenvalue weighted by molar-refractivity contribution is 0.104. The number of carbonyl (C=O) groups is 1. The molecule has 2 aromatic rings. The molecule has 0 radical (unpaired) electrons. The lowest BCUT2D eigenvalue weighted by Gasteiger charge is -2.04. The Balaban J connectivity index is 2.29. The second kappa shape index (κ2) is 6.05. The molecule has 0 amide bonds. The van der Waals surface area contributed by atoms with Gasteiger partial charge in [0, 0.05) is 11.6 Å². The molecule has 0 atom stereocenters. The van der Waals surface area contributed by atoms with Crippen LogP contribution in [0.15, 0.2) is 48.7 Å². The fourth-order valence-corrected chi connectivity index (χ4v) is 1.81. The average molecular weight is 256 g/mol. The number of carbonyl (C=O) groups excluding carboxylic acids is 1. The molecule has 0 N–H and O–H groups in total. The summed E-state index contributed by atoms with van der Waals surface area (Å²) < 4.78 is 10.2. The van der Waals surface area contributed by atoms with E-state index in [0.29, 0.717) is 12.2 Å². The minimum Gasteiger partial charge on any atom is -0.501 e. The SMILES string of the molecule is CCOC=CC(=O)c1ccc2cc(OC)ccc2c1. The molecular weight excluding hydrogens is 240 g/mol. The van der Waals surface area contributed by atoms with Gasteiger partial charge in [-0.3, -0.25) is 4.79 Å². The van der Waals surface area contributed by atoms with Crippen molar-refractivity contribution >= 4 is 16.6 Å². The van der Waals surface area contributed by atoms with Gasteiger partial charge in [-0.1, -0.05) is 18.2 Å². The van der Waals surface area contributed by atoms with Crippen LogP contribution in [0.1, 0.15) is 17.3 Å². The van der Waals surface area contributed by atoms with Crippen LogP contribution < -0.4 is 4.74 Å². The van der Waals surface area contributed by atoms with E-state index in [1.807, 2.05) is 37.3 Å². The van der Waals surface area contributed by atoms with E-state index in [1.54, 1.807) is 13.2 Å². The van der Waals surface area contributed by atoms with Crippen molar-refractivity contribution in [2.75, 3.05) is 13.7 Å². The third kappa shape index (κ3) is 3.13. The third-order valence-electron chi connectivity index (χ3n) is 2.81. The normalized spacial score (nSPS) is 10.8. The molecule has 0 aliphatic carbocycles. The molecule has 0 aliphatic heterocycles. The van der Waals surface area contributed by atoms with Gasteiger partial charge in [0.25, 0.3) is 0 Å². The Hall–Kier alpha value is -2.29. The van der Waals surface area contributed by atoms with Crippen LogP contribution in [0.5, 0.6) is 5.75 Å². The van der Waals surface area contributed by atoms with E-state index < -0.39 is 0 Å². The van der Waals surface area contributed by atoms with Gasteiger partial charge in [-0.25, -0.2) is 0 Å². The molecular formula is C16H16O3. The van der Waals surface area contributed by atoms with Crippen LogP contribution in [-0.2, 0) is 4.74 Å². The van der Waals surface area contributed by atoms with Crippen molar-refractivity contribution in [3.8, 4) is 5.75 Å². The monoisotopic (exact) mass is 256 g/mol. The van der Waals surface area contributed by atoms with Crippen LogP contribution in [0.2, 0.25) is 0 Å². The van der Waals surface area contributed by atoms with Gasteiger partial charge in [0.05, 0.1) is 20.0 Å². The lowest BCUT2D eigenvalue weighted by atomic mass is 10.0. The summed E-state index contributed by atoms with van der Waals surface area (Å²) in [5.74, 6) is 0.744. The Morgan fingerprint density at radius 2 is 1.89 bits per heavy atom. The Morgan fingerprint density at radius 3 is 2.63 bits per heavy atom. The average Bonchev–Trinajstić information content (AvgIpc) is 2.46. The number of ether oxygens (including phenoxy) is 2. The molecule has 0 saturated carbocycles. The van der Waals surface area contributed by atoms with E-state index in [9.17, 15) is 4.79 Å². The predicted molar refractivity (Wildman–Crippen MR) is 75.6 cm³/mol. The number of ketones is 1. The van der Waals surface area contributed by atoms with Crippen molar-refractivity contribution in [2.45, 2.75) is 6.92 Å². The van der Waals surface area contributed by atoms with E-state index in [2.05, 4.69) is 0 Å². The van der Waals surface area contributed by atoms with Crippen molar-refractivity contribution in [1.82, 2.24) is 0 Å². The van der Waals surface area contributed by atoms with Gasteiger partial charge < -0.3 is 9.47 Å². The van der Waals surface area contributed by atoms with Gasteiger partial charge >= 0.3 is 0 Å². The zero-order chi connectivity index (χ0) is 13.7. The van der Waals surface area contributed by atoms with Crippen LogP contribution in [0, 0.1) is 0 Å².